The topological polar surface area (TPSA) is 83.8 Å². The normalized spacial score (nSPS) is 17.9. The van der Waals surface area contributed by atoms with Gasteiger partial charge in [-0.15, -0.1) is 0 Å². The Labute approximate surface area is 214 Å². The minimum Gasteiger partial charge on any atom is -0.381 e. The van der Waals surface area contributed by atoms with E-state index in [1.54, 1.807) is 12.4 Å². The lowest BCUT2D eigenvalue weighted by Crippen LogP contribution is -2.21. The summed E-state index contributed by atoms with van der Waals surface area (Å²) in [7, 11) is 4.09. The molecular weight excluding hydrogens is 471 g/mol. The van der Waals surface area contributed by atoms with Crippen molar-refractivity contribution in [1.82, 2.24) is 24.6 Å². The number of amides is 1. The largest absolute Gasteiger partial charge is 0.381 e. The predicted molar refractivity (Wildman–Crippen MR) is 140 cm³/mol. The molecule has 2 aliphatic rings. The molecule has 2 N–H and O–H groups in total. The van der Waals surface area contributed by atoms with E-state index in [1.807, 2.05) is 36.7 Å². The van der Waals surface area contributed by atoms with Gasteiger partial charge in [-0.3, -0.25) is 9.20 Å². The van der Waals surface area contributed by atoms with Crippen LogP contribution >= 0.6 is 0 Å². The van der Waals surface area contributed by atoms with Crippen molar-refractivity contribution in [1.29, 1.82) is 0 Å². The highest BCUT2D eigenvalue weighted by Crippen LogP contribution is 2.37. The SMILES string of the molecule is C[C@@H](c1nc(Nc2ccc(-c3cnc4cc(F)ccn34)c3c2C(=O)NC3)ccc1[C@H]1CCOC1)N(C)C. The van der Waals surface area contributed by atoms with Crippen LogP contribution in [0.2, 0.25) is 0 Å². The molecule has 0 spiro atoms. The summed E-state index contributed by atoms with van der Waals surface area (Å²) in [5.41, 5.74) is 6.59. The quantitative estimate of drug-likeness (QED) is 0.401. The number of anilines is 2. The minimum atomic E-state index is -0.340. The first-order chi connectivity index (χ1) is 17.9. The Bertz CT molecular complexity index is 1510. The molecule has 6 rings (SSSR count). The zero-order chi connectivity index (χ0) is 25.7. The summed E-state index contributed by atoms with van der Waals surface area (Å²) in [5, 5.41) is 6.36. The number of nitrogens with zero attached hydrogens (tertiary/aromatic N) is 4. The van der Waals surface area contributed by atoms with Crippen molar-refractivity contribution in [3.05, 3.63) is 77.0 Å². The van der Waals surface area contributed by atoms with Gasteiger partial charge >= 0.3 is 0 Å². The number of hydrogen-bond acceptors (Lipinski definition) is 6. The Morgan fingerprint density at radius 1 is 1.24 bits per heavy atom. The van der Waals surface area contributed by atoms with Gasteiger partial charge < -0.3 is 20.3 Å². The number of fused-ring (bicyclic) bond motifs is 2. The van der Waals surface area contributed by atoms with Crippen molar-refractivity contribution in [3.63, 3.8) is 0 Å². The standard InChI is InChI=1S/C28H29FN6O2/c1-16(34(2)3)27-19(17-9-11-37-15-17)5-7-24(33-27)32-22-6-4-20(21-13-31-28(36)26(21)22)23-14-30-25-12-18(29)8-10-35(23)25/h4-8,10,12,14,16-17H,9,11,13,15H2,1-3H3,(H,31,36)(H,32,33)/t16-,17-/m0/s1. The van der Waals surface area contributed by atoms with E-state index in [2.05, 4.69) is 33.5 Å². The van der Waals surface area contributed by atoms with Crippen LogP contribution in [0.25, 0.3) is 16.9 Å². The Morgan fingerprint density at radius 3 is 2.89 bits per heavy atom. The molecule has 3 aromatic heterocycles. The Balaban J connectivity index is 1.39. The van der Waals surface area contributed by atoms with E-state index in [0.29, 0.717) is 41.8 Å². The van der Waals surface area contributed by atoms with E-state index in [9.17, 15) is 9.18 Å². The smallest absolute Gasteiger partial charge is 0.254 e. The third-order valence-corrected chi connectivity index (χ3v) is 7.48. The van der Waals surface area contributed by atoms with Crippen LogP contribution in [0.15, 0.2) is 48.8 Å². The zero-order valence-electron chi connectivity index (χ0n) is 21.1. The van der Waals surface area contributed by atoms with Gasteiger partial charge in [-0.25, -0.2) is 14.4 Å². The fraction of sp³-hybridized carbons (Fsp3) is 0.321. The van der Waals surface area contributed by atoms with E-state index in [1.165, 1.54) is 17.7 Å². The summed E-state index contributed by atoms with van der Waals surface area (Å²) < 4.78 is 21.2. The molecule has 1 amide bonds. The molecule has 0 unspecified atom stereocenters. The second kappa shape index (κ2) is 9.24. The first-order valence-corrected chi connectivity index (χ1v) is 12.5. The van der Waals surface area contributed by atoms with Gasteiger partial charge in [0.05, 0.1) is 35.4 Å². The van der Waals surface area contributed by atoms with Crippen LogP contribution in [0.3, 0.4) is 0 Å². The summed E-state index contributed by atoms with van der Waals surface area (Å²) >= 11 is 0. The molecule has 2 aliphatic heterocycles. The zero-order valence-corrected chi connectivity index (χ0v) is 21.1. The van der Waals surface area contributed by atoms with Crippen molar-refractivity contribution < 1.29 is 13.9 Å². The molecule has 0 bridgehead atoms. The third-order valence-electron chi connectivity index (χ3n) is 7.48. The lowest BCUT2D eigenvalue weighted by Gasteiger charge is -2.25. The summed E-state index contributed by atoms with van der Waals surface area (Å²) in [6, 6.07) is 10.9. The molecule has 1 aromatic carbocycles. The van der Waals surface area contributed by atoms with Crippen molar-refractivity contribution in [2.45, 2.75) is 31.8 Å². The van der Waals surface area contributed by atoms with Crippen LogP contribution in [0, 0.1) is 5.82 Å². The van der Waals surface area contributed by atoms with Gasteiger partial charge in [-0.2, -0.15) is 0 Å². The van der Waals surface area contributed by atoms with Gasteiger partial charge in [0.2, 0.25) is 0 Å². The van der Waals surface area contributed by atoms with Gasteiger partial charge in [0.25, 0.3) is 5.91 Å². The van der Waals surface area contributed by atoms with E-state index in [4.69, 9.17) is 9.72 Å². The van der Waals surface area contributed by atoms with Crippen LogP contribution in [0.5, 0.6) is 0 Å². The number of rotatable bonds is 6. The average Bonchev–Trinajstić information content (AvgIpc) is 3.64. The number of pyridine rings is 2. The molecule has 0 radical (unpaired) electrons. The lowest BCUT2D eigenvalue weighted by molar-refractivity contribution is 0.0966. The minimum absolute atomic E-state index is 0.119. The number of ether oxygens (including phenoxy) is 1. The fourth-order valence-corrected chi connectivity index (χ4v) is 5.24. The van der Waals surface area contributed by atoms with Crippen LogP contribution < -0.4 is 10.6 Å². The predicted octanol–water partition coefficient (Wildman–Crippen LogP) is 4.65. The van der Waals surface area contributed by atoms with Crippen LogP contribution in [0.1, 0.15) is 52.5 Å². The number of carbonyl (C=O) groups is 1. The fourth-order valence-electron chi connectivity index (χ4n) is 5.24. The molecule has 5 heterocycles. The third kappa shape index (κ3) is 4.14. The van der Waals surface area contributed by atoms with E-state index in [-0.39, 0.29) is 17.8 Å². The van der Waals surface area contributed by atoms with Gasteiger partial charge in [-0.1, -0.05) is 12.1 Å². The highest BCUT2D eigenvalue weighted by atomic mass is 19.1. The highest BCUT2D eigenvalue weighted by Gasteiger charge is 2.28. The van der Waals surface area contributed by atoms with E-state index in [0.717, 1.165) is 35.5 Å². The molecule has 37 heavy (non-hydrogen) atoms. The van der Waals surface area contributed by atoms with Crippen molar-refractivity contribution in [3.8, 4) is 11.3 Å². The maximum Gasteiger partial charge on any atom is 0.254 e. The number of imidazole rings is 1. The van der Waals surface area contributed by atoms with Gasteiger partial charge in [-0.05, 0) is 56.8 Å². The molecule has 1 saturated heterocycles. The summed E-state index contributed by atoms with van der Waals surface area (Å²) in [6.45, 7) is 4.04. The van der Waals surface area contributed by atoms with Gasteiger partial charge in [0.1, 0.15) is 17.3 Å². The summed E-state index contributed by atoms with van der Waals surface area (Å²) in [5.74, 6) is 0.549. The molecule has 9 heteroatoms. The lowest BCUT2D eigenvalue weighted by atomic mass is 9.94. The molecule has 8 nitrogen and oxygen atoms in total. The Hall–Kier alpha value is -3.82. The van der Waals surface area contributed by atoms with Crippen LogP contribution in [-0.4, -0.2) is 52.5 Å². The van der Waals surface area contributed by atoms with Crippen molar-refractivity contribution >= 4 is 23.1 Å². The average molecular weight is 501 g/mol. The van der Waals surface area contributed by atoms with Crippen LogP contribution in [0.4, 0.5) is 15.9 Å². The summed E-state index contributed by atoms with van der Waals surface area (Å²) in [6.07, 6.45) is 4.36. The van der Waals surface area contributed by atoms with E-state index >= 15 is 0 Å². The molecule has 4 aromatic rings. The highest BCUT2D eigenvalue weighted by molar-refractivity contribution is 6.06. The molecule has 190 valence electrons. The number of carbonyl (C=O) groups excluding carboxylic acids is 1. The first kappa shape index (κ1) is 23.6. The van der Waals surface area contributed by atoms with Crippen LogP contribution in [-0.2, 0) is 11.3 Å². The molecule has 2 atom stereocenters. The maximum absolute atomic E-state index is 13.7. The van der Waals surface area contributed by atoms with Crippen molar-refractivity contribution in [2.24, 2.45) is 0 Å². The van der Waals surface area contributed by atoms with Gasteiger partial charge in [0.15, 0.2) is 0 Å². The molecular formula is C28H29FN6O2. The number of hydrogen-bond donors (Lipinski definition) is 2. The molecule has 0 saturated carbocycles. The van der Waals surface area contributed by atoms with Crippen molar-refractivity contribution in [2.75, 3.05) is 32.6 Å². The number of aromatic nitrogens is 3. The molecule has 1 fully saturated rings. The first-order valence-electron chi connectivity index (χ1n) is 12.5. The summed E-state index contributed by atoms with van der Waals surface area (Å²) in [4.78, 5) is 24.4. The number of nitrogens with one attached hydrogen (secondary N) is 2. The maximum atomic E-state index is 13.7. The Kier molecular flexibility index (Phi) is 5.89. The second-order valence-corrected chi connectivity index (χ2v) is 9.91. The number of halogens is 1. The molecule has 0 aliphatic carbocycles. The monoisotopic (exact) mass is 500 g/mol. The Morgan fingerprint density at radius 2 is 2.11 bits per heavy atom. The second-order valence-electron chi connectivity index (χ2n) is 9.91. The number of benzene rings is 1. The van der Waals surface area contributed by atoms with E-state index < -0.39 is 0 Å². The van der Waals surface area contributed by atoms with Gasteiger partial charge in [0, 0.05) is 42.9 Å².